The van der Waals surface area contributed by atoms with Crippen molar-refractivity contribution in [2.24, 2.45) is 17.8 Å². The lowest BCUT2D eigenvalue weighted by Gasteiger charge is -2.55. The maximum absolute atomic E-state index is 12.3. The maximum atomic E-state index is 12.3. The van der Waals surface area contributed by atoms with Crippen LogP contribution in [0.1, 0.15) is 53.2 Å². The van der Waals surface area contributed by atoms with E-state index in [-0.39, 0.29) is 11.3 Å². The van der Waals surface area contributed by atoms with Crippen molar-refractivity contribution >= 4 is 49.6 Å². The molecule has 2 aromatic heterocycles. The molecule has 2 heterocycles. The van der Waals surface area contributed by atoms with Gasteiger partial charge in [0.15, 0.2) is 0 Å². The van der Waals surface area contributed by atoms with Gasteiger partial charge in [-0.1, -0.05) is 11.3 Å². The molecule has 4 fully saturated rings. The number of carbonyl (C=O) groups excluding carboxylic acids is 1. The van der Waals surface area contributed by atoms with Gasteiger partial charge in [-0.2, -0.15) is 0 Å². The zero-order valence-corrected chi connectivity index (χ0v) is 16.3. The molecule has 0 unspecified atom stereocenters. The molecule has 4 aliphatic rings. The number of hydrogen-bond acceptors (Lipinski definition) is 5. The Labute approximate surface area is 157 Å². The van der Waals surface area contributed by atoms with E-state index >= 15 is 0 Å². The van der Waals surface area contributed by atoms with Gasteiger partial charge in [0.2, 0.25) is 5.13 Å². The normalized spacial score (nSPS) is 33.8. The molecule has 24 heavy (non-hydrogen) atoms. The predicted molar refractivity (Wildman–Crippen MR) is 99.7 cm³/mol. The Morgan fingerprint density at radius 2 is 1.75 bits per heavy atom. The van der Waals surface area contributed by atoms with Crippen LogP contribution in [0.4, 0.5) is 5.13 Å². The number of nitrogens with zero attached hydrogens (tertiary/aromatic N) is 2. The van der Waals surface area contributed by atoms with Gasteiger partial charge in [0, 0.05) is 5.41 Å². The highest BCUT2D eigenvalue weighted by Crippen LogP contribution is 2.61. The smallest absolute Gasteiger partial charge is 0.267 e. The van der Waals surface area contributed by atoms with Gasteiger partial charge in [-0.15, -0.1) is 21.5 Å². The lowest BCUT2D eigenvalue weighted by atomic mass is 9.50. The zero-order valence-electron chi connectivity index (χ0n) is 13.1. The first kappa shape index (κ1) is 15.5. The fourth-order valence-electron chi connectivity index (χ4n) is 5.46. The largest absolute Gasteiger partial charge is 0.296 e. The Morgan fingerprint density at radius 1 is 1.08 bits per heavy atom. The molecule has 1 N–H and O–H groups in total. The quantitative estimate of drug-likeness (QED) is 0.748. The minimum atomic E-state index is -0.0982. The standard InChI is InChI=1S/C17H18BrN3OS2/c18-13-2-1-12(23-13)14(22)19-16-21-20-15(24-16)17-6-9-3-10(7-17)5-11(4-9)8-17/h1-2,9-11H,3-8H2,(H,19,21,22). The van der Waals surface area contributed by atoms with Crippen molar-refractivity contribution in [1.82, 2.24) is 10.2 Å². The average Bonchev–Trinajstić information content (AvgIpc) is 3.15. The van der Waals surface area contributed by atoms with Crippen LogP contribution >= 0.6 is 38.6 Å². The van der Waals surface area contributed by atoms with Gasteiger partial charge in [0.05, 0.1) is 8.66 Å². The third-order valence-electron chi connectivity index (χ3n) is 5.93. The van der Waals surface area contributed by atoms with E-state index in [0.717, 1.165) is 26.5 Å². The van der Waals surface area contributed by atoms with E-state index in [1.165, 1.54) is 49.9 Å². The summed E-state index contributed by atoms with van der Waals surface area (Å²) in [5, 5.41) is 13.5. The second kappa shape index (κ2) is 5.61. The molecule has 0 aliphatic heterocycles. The minimum absolute atomic E-state index is 0.0982. The van der Waals surface area contributed by atoms with Crippen LogP contribution in [0, 0.1) is 17.8 Å². The highest BCUT2D eigenvalue weighted by Gasteiger charge is 2.53. The number of rotatable bonds is 3. The van der Waals surface area contributed by atoms with Crippen LogP contribution in [0.2, 0.25) is 0 Å². The van der Waals surface area contributed by atoms with Gasteiger partial charge < -0.3 is 0 Å². The predicted octanol–water partition coefficient (Wildman–Crippen LogP) is 5.08. The Bertz CT molecular complexity index is 764. The van der Waals surface area contributed by atoms with Crippen LogP contribution < -0.4 is 5.32 Å². The van der Waals surface area contributed by atoms with Crippen molar-refractivity contribution in [3.8, 4) is 0 Å². The van der Waals surface area contributed by atoms with Crippen LogP contribution in [-0.2, 0) is 5.41 Å². The lowest BCUT2D eigenvalue weighted by Crippen LogP contribution is -2.48. The van der Waals surface area contributed by atoms with Crippen LogP contribution in [-0.4, -0.2) is 16.1 Å². The summed E-state index contributed by atoms with van der Waals surface area (Å²) in [4.78, 5) is 13.0. The van der Waals surface area contributed by atoms with Crippen molar-refractivity contribution < 1.29 is 4.79 Å². The highest BCUT2D eigenvalue weighted by atomic mass is 79.9. The number of carbonyl (C=O) groups is 1. The van der Waals surface area contributed by atoms with Crippen LogP contribution in [0.3, 0.4) is 0 Å². The molecular formula is C17H18BrN3OS2. The number of aromatic nitrogens is 2. The molecule has 4 bridgehead atoms. The molecule has 4 aliphatic carbocycles. The van der Waals surface area contributed by atoms with Gasteiger partial charge in [-0.05, 0) is 84.3 Å². The average molecular weight is 424 g/mol. The van der Waals surface area contributed by atoms with Crippen molar-refractivity contribution in [2.45, 2.75) is 43.9 Å². The van der Waals surface area contributed by atoms with E-state index in [2.05, 4.69) is 31.4 Å². The zero-order chi connectivity index (χ0) is 16.3. The molecule has 4 saturated carbocycles. The third kappa shape index (κ3) is 2.56. The SMILES string of the molecule is O=C(Nc1nnc(C23CC4CC(CC(C4)C2)C3)s1)c1ccc(Br)s1. The summed E-state index contributed by atoms with van der Waals surface area (Å²) in [7, 11) is 0. The topological polar surface area (TPSA) is 54.9 Å². The molecule has 126 valence electrons. The van der Waals surface area contributed by atoms with E-state index in [9.17, 15) is 4.79 Å². The molecule has 0 aromatic carbocycles. The summed E-state index contributed by atoms with van der Waals surface area (Å²) in [5.41, 5.74) is 0.251. The monoisotopic (exact) mass is 423 g/mol. The van der Waals surface area contributed by atoms with Gasteiger partial charge in [0.1, 0.15) is 5.01 Å². The van der Waals surface area contributed by atoms with Crippen molar-refractivity contribution in [3.63, 3.8) is 0 Å². The molecule has 0 radical (unpaired) electrons. The fourth-order valence-corrected chi connectivity index (χ4v) is 7.69. The molecule has 1 amide bonds. The number of amides is 1. The van der Waals surface area contributed by atoms with Crippen molar-refractivity contribution in [1.29, 1.82) is 0 Å². The number of thiophene rings is 1. The van der Waals surface area contributed by atoms with Crippen LogP contribution in [0.25, 0.3) is 0 Å². The Kier molecular flexibility index (Phi) is 3.61. The molecular weight excluding hydrogens is 406 g/mol. The molecule has 0 spiro atoms. The first-order valence-corrected chi connectivity index (χ1v) is 10.9. The van der Waals surface area contributed by atoms with Crippen LogP contribution in [0.5, 0.6) is 0 Å². The van der Waals surface area contributed by atoms with E-state index in [4.69, 9.17) is 0 Å². The first-order chi connectivity index (χ1) is 11.6. The van der Waals surface area contributed by atoms with Crippen molar-refractivity contribution in [3.05, 3.63) is 25.8 Å². The van der Waals surface area contributed by atoms with Gasteiger partial charge in [-0.3, -0.25) is 10.1 Å². The molecule has 4 nitrogen and oxygen atoms in total. The Hall–Kier alpha value is -0.790. The molecule has 2 aromatic rings. The summed E-state index contributed by atoms with van der Waals surface area (Å²) in [5.74, 6) is 2.57. The maximum Gasteiger partial charge on any atom is 0.267 e. The first-order valence-electron chi connectivity index (χ1n) is 8.50. The minimum Gasteiger partial charge on any atom is -0.296 e. The molecule has 7 heteroatoms. The van der Waals surface area contributed by atoms with E-state index in [0.29, 0.717) is 10.0 Å². The Morgan fingerprint density at radius 3 is 2.33 bits per heavy atom. The van der Waals surface area contributed by atoms with Gasteiger partial charge >= 0.3 is 0 Å². The van der Waals surface area contributed by atoms with E-state index in [1.54, 1.807) is 11.3 Å². The summed E-state index contributed by atoms with van der Waals surface area (Å²) in [6.45, 7) is 0. The summed E-state index contributed by atoms with van der Waals surface area (Å²) < 4.78 is 0.958. The second-order valence-corrected chi connectivity index (χ2v) is 11.1. The Balaban J connectivity index is 1.37. The third-order valence-corrected chi connectivity index (χ3v) is 8.64. The molecule has 0 atom stereocenters. The number of hydrogen-bond donors (Lipinski definition) is 1. The number of nitrogens with one attached hydrogen (secondary N) is 1. The fraction of sp³-hybridized carbons (Fsp3) is 0.588. The summed E-state index contributed by atoms with van der Waals surface area (Å²) in [6, 6.07) is 3.71. The molecule has 0 saturated heterocycles. The van der Waals surface area contributed by atoms with Crippen molar-refractivity contribution in [2.75, 3.05) is 5.32 Å². The highest BCUT2D eigenvalue weighted by molar-refractivity contribution is 9.11. The second-order valence-electron chi connectivity index (χ2n) is 7.67. The summed E-state index contributed by atoms with van der Waals surface area (Å²) in [6.07, 6.45) is 8.11. The molecule has 6 rings (SSSR count). The number of halogens is 1. The van der Waals surface area contributed by atoms with E-state index in [1.807, 2.05) is 12.1 Å². The van der Waals surface area contributed by atoms with Gasteiger partial charge in [-0.25, -0.2) is 0 Å². The lowest BCUT2D eigenvalue weighted by molar-refractivity contribution is -0.00555. The van der Waals surface area contributed by atoms with Gasteiger partial charge in [0.25, 0.3) is 5.91 Å². The summed E-state index contributed by atoms with van der Waals surface area (Å²) >= 11 is 6.41. The number of anilines is 1. The van der Waals surface area contributed by atoms with E-state index < -0.39 is 0 Å². The van der Waals surface area contributed by atoms with Crippen LogP contribution in [0.15, 0.2) is 15.9 Å².